The minimum Gasteiger partial charge on any atom is -0.320 e. The van der Waals surface area contributed by atoms with E-state index in [-0.39, 0.29) is 11.5 Å². The fourth-order valence-corrected chi connectivity index (χ4v) is 3.29. The Hall–Kier alpha value is -0.830. The molecule has 1 aromatic carbocycles. The maximum atomic E-state index is 6.39. The molecule has 0 radical (unpaired) electrons. The highest BCUT2D eigenvalue weighted by Gasteiger charge is 2.19. The van der Waals surface area contributed by atoms with Gasteiger partial charge in [-0.05, 0) is 47.7 Å². The van der Waals surface area contributed by atoms with Gasteiger partial charge in [0.25, 0.3) is 0 Å². The number of hydrogen-bond acceptors (Lipinski definition) is 2. The van der Waals surface area contributed by atoms with Gasteiger partial charge >= 0.3 is 0 Å². The van der Waals surface area contributed by atoms with Gasteiger partial charge in [-0.3, -0.25) is 0 Å². The highest BCUT2D eigenvalue weighted by Crippen LogP contribution is 2.34. The van der Waals surface area contributed by atoms with E-state index in [1.165, 1.54) is 15.3 Å². The van der Waals surface area contributed by atoms with Gasteiger partial charge in [-0.1, -0.05) is 38.4 Å². The molecule has 19 heavy (non-hydrogen) atoms. The molecule has 2 rings (SSSR count). The molecule has 102 valence electrons. The van der Waals surface area contributed by atoms with Crippen molar-refractivity contribution >= 4 is 22.9 Å². The van der Waals surface area contributed by atoms with Gasteiger partial charge in [-0.2, -0.15) is 0 Å². The summed E-state index contributed by atoms with van der Waals surface area (Å²) in [6.07, 6.45) is 0. The zero-order valence-electron chi connectivity index (χ0n) is 11.8. The molecular weight excluding hydrogens is 274 g/mol. The fourth-order valence-electron chi connectivity index (χ4n) is 2.02. The van der Waals surface area contributed by atoms with Crippen LogP contribution in [0.2, 0.25) is 5.02 Å². The van der Waals surface area contributed by atoms with E-state index in [9.17, 15) is 0 Å². The van der Waals surface area contributed by atoms with Crippen LogP contribution in [0.5, 0.6) is 0 Å². The molecule has 2 N–H and O–H groups in total. The van der Waals surface area contributed by atoms with E-state index < -0.39 is 0 Å². The zero-order chi connectivity index (χ0) is 14.2. The summed E-state index contributed by atoms with van der Waals surface area (Å²) in [6, 6.07) is 10.1. The number of nitrogens with two attached hydrogens (primary N) is 1. The van der Waals surface area contributed by atoms with Gasteiger partial charge < -0.3 is 5.73 Å². The Kier molecular flexibility index (Phi) is 4.05. The second-order valence-corrected chi connectivity index (χ2v) is 7.48. The molecule has 1 aromatic heterocycles. The molecule has 0 fully saturated rings. The molecule has 0 aliphatic rings. The van der Waals surface area contributed by atoms with Crippen molar-refractivity contribution < 1.29 is 0 Å². The Balaban J connectivity index is 2.36. The lowest BCUT2D eigenvalue weighted by atomic mass is 9.95. The first-order chi connectivity index (χ1) is 8.79. The van der Waals surface area contributed by atoms with Crippen LogP contribution in [0.1, 0.15) is 47.7 Å². The summed E-state index contributed by atoms with van der Waals surface area (Å²) in [6.45, 7) is 8.74. The SMILES string of the molecule is Cc1ccc(Cl)cc1C(N)c1ccc(C(C)(C)C)s1. The summed E-state index contributed by atoms with van der Waals surface area (Å²) in [7, 11) is 0. The highest BCUT2D eigenvalue weighted by molar-refractivity contribution is 7.12. The Labute approximate surface area is 124 Å². The predicted octanol–water partition coefficient (Wildman–Crippen LogP) is 5.06. The van der Waals surface area contributed by atoms with Gasteiger partial charge in [0.1, 0.15) is 0 Å². The Morgan fingerprint density at radius 2 is 1.84 bits per heavy atom. The lowest BCUT2D eigenvalue weighted by molar-refractivity contribution is 0.604. The molecule has 0 aliphatic carbocycles. The van der Waals surface area contributed by atoms with Crippen LogP contribution < -0.4 is 5.73 Å². The van der Waals surface area contributed by atoms with Gasteiger partial charge in [0.2, 0.25) is 0 Å². The Morgan fingerprint density at radius 3 is 2.42 bits per heavy atom. The smallest absolute Gasteiger partial charge is 0.0649 e. The number of aryl methyl sites for hydroxylation is 1. The number of thiophene rings is 1. The Bertz CT molecular complexity index is 581. The van der Waals surface area contributed by atoms with Crippen molar-refractivity contribution in [1.82, 2.24) is 0 Å². The first-order valence-corrected chi connectivity index (χ1v) is 7.60. The van der Waals surface area contributed by atoms with Crippen molar-refractivity contribution in [3.05, 3.63) is 56.2 Å². The molecule has 2 aromatic rings. The third-order valence-electron chi connectivity index (χ3n) is 3.25. The fraction of sp³-hybridized carbons (Fsp3) is 0.375. The Morgan fingerprint density at radius 1 is 1.16 bits per heavy atom. The van der Waals surface area contributed by atoms with Crippen LogP contribution in [-0.4, -0.2) is 0 Å². The molecule has 0 aliphatic heterocycles. The number of hydrogen-bond donors (Lipinski definition) is 1. The van der Waals surface area contributed by atoms with Crippen LogP contribution in [0.25, 0.3) is 0 Å². The molecule has 0 spiro atoms. The maximum Gasteiger partial charge on any atom is 0.0649 e. The van der Waals surface area contributed by atoms with E-state index in [0.29, 0.717) is 0 Å². The number of rotatable bonds is 2. The van der Waals surface area contributed by atoms with E-state index in [0.717, 1.165) is 10.6 Å². The number of halogens is 1. The van der Waals surface area contributed by atoms with E-state index in [1.54, 1.807) is 11.3 Å². The first-order valence-electron chi connectivity index (χ1n) is 6.41. The van der Waals surface area contributed by atoms with Crippen molar-refractivity contribution in [2.45, 2.75) is 39.2 Å². The molecule has 1 unspecified atom stereocenters. The maximum absolute atomic E-state index is 6.39. The van der Waals surface area contributed by atoms with Crippen LogP contribution in [-0.2, 0) is 5.41 Å². The molecule has 0 saturated heterocycles. The van der Waals surface area contributed by atoms with Crippen LogP contribution in [0.15, 0.2) is 30.3 Å². The molecule has 0 saturated carbocycles. The van der Waals surface area contributed by atoms with Gasteiger partial charge in [-0.15, -0.1) is 11.3 Å². The predicted molar refractivity (Wildman–Crippen MR) is 85.2 cm³/mol. The van der Waals surface area contributed by atoms with Crippen LogP contribution in [0.4, 0.5) is 0 Å². The van der Waals surface area contributed by atoms with E-state index in [4.69, 9.17) is 17.3 Å². The van der Waals surface area contributed by atoms with Crippen molar-refractivity contribution in [1.29, 1.82) is 0 Å². The molecule has 3 heteroatoms. The zero-order valence-corrected chi connectivity index (χ0v) is 13.4. The summed E-state index contributed by atoms with van der Waals surface area (Å²) in [5.74, 6) is 0. The van der Waals surface area contributed by atoms with Crippen LogP contribution in [0.3, 0.4) is 0 Å². The molecule has 1 heterocycles. The monoisotopic (exact) mass is 293 g/mol. The van der Waals surface area contributed by atoms with Gasteiger partial charge in [-0.25, -0.2) is 0 Å². The lowest BCUT2D eigenvalue weighted by Crippen LogP contribution is -2.12. The van der Waals surface area contributed by atoms with Crippen LogP contribution in [0, 0.1) is 6.92 Å². The van der Waals surface area contributed by atoms with Gasteiger partial charge in [0, 0.05) is 14.8 Å². The van der Waals surface area contributed by atoms with Crippen molar-refractivity contribution in [2.75, 3.05) is 0 Å². The van der Waals surface area contributed by atoms with Crippen LogP contribution >= 0.6 is 22.9 Å². The third-order valence-corrected chi connectivity index (χ3v) is 5.08. The second kappa shape index (κ2) is 5.28. The van der Waals surface area contributed by atoms with E-state index in [2.05, 4.69) is 39.8 Å². The second-order valence-electron chi connectivity index (χ2n) is 5.93. The lowest BCUT2D eigenvalue weighted by Gasteiger charge is -2.16. The van der Waals surface area contributed by atoms with E-state index >= 15 is 0 Å². The molecule has 0 bridgehead atoms. The van der Waals surface area contributed by atoms with Crippen molar-refractivity contribution in [2.24, 2.45) is 5.73 Å². The largest absolute Gasteiger partial charge is 0.320 e. The average Bonchev–Trinajstić information content (AvgIpc) is 2.80. The minimum absolute atomic E-state index is 0.0974. The highest BCUT2D eigenvalue weighted by atomic mass is 35.5. The molecule has 1 atom stereocenters. The van der Waals surface area contributed by atoms with E-state index in [1.807, 2.05) is 18.2 Å². The topological polar surface area (TPSA) is 26.0 Å². The third kappa shape index (κ3) is 3.19. The quantitative estimate of drug-likeness (QED) is 0.823. The summed E-state index contributed by atoms with van der Waals surface area (Å²) in [5.41, 5.74) is 8.86. The summed E-state index contributed by atoms with van der Waals surface area (Å²) < 4.78 is 0. The first kappa shape index (κ1) is 14.6. The number of benzene rings is 1. The summed E-state index contributed by atoms with van der Waals surface area (Å²) >= 11 is 7.86. The van der Waals surface area contributed by atoms with Gasteiger partial charge in [0.05, 0.1) is 6.04 Å². The van der Waals surface area contributed by atoms with Crippen molar-refractivity contribution in [3.63, 3.8) is 0 Å². The minimum atomic E-state index is -0.0974. The normalized spacial score (nSPS) is 13.6. The average molecular weight is 294 g/mol. The summed E-state index contributed by atoms with van der Waals surface area (Å²) in [4.78, 5) is 2.55. The standard InChI is InChI=1S/C16H20ClNS/c1-10-5-6-11(17)9-12(10)15(18)13-7-8-14(19-13)16(2,3)4/h5-9,15H,18H2,1-4H3. The van der Waals surface area contributed by atoms with Crippen molar-refractivity contribution in [3.8, 4) is 0 Å². The van der Waals surface area contributed by atoms with Gasteiger partial charge in [0.15, 0.2) is 0 Å². The molecule has 1 nitrogen and oxygen atoms in total. The molecular formula is C16H20ClNS. The molecule has 0 amide bonds. The summed E-state index contributed by atoms with van der Waals surface area (Å²) in [5, 5.41) is 0.739.